The summed E-state index contributed by atoms with van der Waals surface area (Å²) in [6.07, 6.45) is 2.62. The number of hydrogen-bond donors (Lipinski definition) is 2. The first-order valence-electron chi connectivity index (χ1n) is 6.37. The van der Waals surface area contributed by atoms with E-state index in [9.17, 15) is 0 Å². The first-order valence-corrected chi connectivity index (χ1v) is 6.37. The maximum Gasteiger partial charge on any atom is 0.101 e. The molecule has 1 aromatic carbocycles. The van der Waals surface area contributed by atoms with Crippen LogP contribution in [0.5, 0.6) is 0 Å². The molecule has 3 N–H and O–H groups in total. The van der Waals surface area contributed by atoms with E-state index in [0.29, 0.717) is 17.3 Å². The van der Waals surface area contributed by atoms with Crippen LogP contribution < -0.4 is 11.1 Å². The Kier molecular flexibility index (Phi) is 3.73. The molecule has 1 unspecified atom stereocenters. The van der Waals surface area contributed by atoms with Crippen LogP contribution >= 0.6 is 0 Å². The number of hydrogen-bond acceptors (Lipinski definition) is 4. The molecule has 96 valence electrons. The summed E-state index contributed by atoms with van der Waals surface area (Å²) >= 11 is 0. The summed E-state index contributed by atoms with van der Waals surface area (Å²) in [7, 11) is 2.16. The van der Waals surface area contributed by atoms with Crippen molar-refractivity contribution in [3.8, 4) is 6.07 Å². The van der Waals surface area contributed by atoms with Crippen molar-refractivity contribution in [3.63, 3.8) is 0 Å². The van der Waals surface area contributed by atoms with Gasteiger partial charge in [0.15, 0.2) is 0 Å². The van der Waals surface area contributed by atoms with Crippen LogP contribution in [0.2, 0.25) is 0 Å². The largest absolute Gasteiger partial charge is 0.399 e. The topological polar surface area (TPSA) is 65.1 Å². The third kappa shape index (κ3) is 2.93. The van der Waals surface area contributed by atoms with Crippen molar-refractivity contribution in [1.82, 2.24) is 4.90 Å². The van der Waals surface area contributed by atoms with Crippen molar-refractivity contribution < 1.29 is 0 Å². The number of nitrogens with zero attached hydrogens (tertiary/aromatic N) is 2. The van der Waals surface area contributed by atoms with Crippen molar-refractivity contribution >= 4 is 11.4 Å². The zero-order valence-corrected chi connectivity index (χ0v) is 11.0. The first kappa shape index (κ1) is 12.7. The predicted molar refractivity (Wildman–Crippen MR) is 74.3 cm³/mol. The monoisotopic (exact) mass is 244 g/mol. The zero-order chi connectivity index (χ0) is 13.1. The summed E-state index contributed by atoms with van der Waals surface area (Å²) in [5, 5.41) is 12.4. The molecule has 0 saturated heterocycles. The minimum Gasteiger partial charge on any atom is -0.399 e. The highest BCUT2D eigenvalue weighted by Crippen LogP contribution is 2.27. The SMILES string of the molecule is CC(CNc1ccc(N)cc1C#N)N(C)C1CC1. The van der Waals surface area contributed by atoms with E-state index in [1.807, 2.05) is 12.1 Å². The number of rotatable bonds is 5. The lowest BCUT2D eigenvalue weighted by atomic mass is 10.1. The van der Waals surface area contributed by atoms with Crippen molar-refractivity contribution in [1.29, 1.82) is 5.26 Å². The van der Waals surface area contributed by atoms with E-state index in [1.165, 1.54) is 12.8 Å². The van der Waals surface area contributed by atoms with Crippen LogP contribution in [0.3, 0.4) is 0 Å². The van der Waals surface area contributed by atoms with Gasteiger partial charge >= 0.3 is 0 Å². The van der Waals surface area contributed by atoms with Crippen LogP contribution in [0.15, 0.2) is 18.2 Å². The van der Waals surface area contributed by atoms with E-state index >= 15 is 0 Å². The normalized spacial score (nSPS) is 16.3. The zero-order valence-electron chi connectivity index (χ0n) is 11.0. The number of nitrogen functional groups attached to an aromatic ring is 1. The second-order valence-electron chi connectivity index (χ2n) is 5.04. The average molecular weight is 244 g/mol. The highest BCUT2D eigenvalue weighted by atomic mass is 15.2. The van der Waals surface area contributed by atoms with Crippen molar-refractivity contribution in [2.75, 3.05) is 24.6 Å². The van der Waals surface area contributed by atoms with E-state index < -0.39 is 0 Å². The second kappa shape index (κ2) is 5.28. The number of likely N-dealkylation sites (N-methyl/N-ethyl adjacent to an activating group) is 1. The van der Waals surface area contributed by atoms with Crippen LogP contribution in [0.4, 0.5) is 11.4 Å². The summed E-state index contributed by atoms with van der Waals surface area (Å²) < 4.78 is 0. The molecule has 4 heteroatoms. The van der Waals surface area contributed by atoms with E-state index in [0.717, 1.165) is 18.3 Å². The van der Waals surface area contributed by atoms with Gasteiger partial charge < -0.3 is 11.1 Å². The van der Waals surface area contributed by atoms with E-state index in [-0.39, 0.29) is 0 Å². The number of nitrogens with one attached hydrogen (secondary N) is 1. The Morgan fingerprint density at radius 2 is 2.28 bits per heavy atom. The molecule has 1 aliphatic rings. The van der Waals surface area contributed by atoms with Crippen molar-refractivity contribution in [3.05, 3.63) is 23.8 Å². The summed E-state index contributed by atoms with van der Waals surface area (Å²) in [5.41, 5.74) is 7.76. The van der Waals surface area contributed by atoms with Crippen LogP contribution in [0, 0.1) is 11.3 Å². The molecule has 1 atom stereocenters. The van der Waals surface area contributed by atoms with Gasteiger partial charge in [-0.25, -0.2) is 0 Å². The minimum absolute atomic E-state index is 0.460. The summed E-state index contributed by atoms with van der Waals surface area (Å²) in [5.74, 6) is 0. The van der Waals surface area contributed by atoms with Gasteiger partial charge in [-0.3, -0.25) is 4.90 Å². The Morgan fingerprint density at radius 1 is 1.56 bits per heavy atom. The van der Waals surface area contributed by atoms with Crippen molar-refractivity contribution in [2.24, 2.45) is 0 Å². The fourth-order valence-corrected chi connectivity index (χ4v) is 2.05. The van der Waals surface area contributed by atoms with Gasteiger partial charge in [-0.15, -0.1) is 0 Å². The lowest BCUT2D eigenvalue weighted by molar-refractivity contribution is 0.257. The maximum atomic E-state index is 9.06. The molecule has 1 fully saturated rings. The molecule has 0 heterocycles. The summed E-state index contributed by atoms with van der Waals surface area (Å²) in [4.78, 5) is 2.40. The van der Waals surface area contributed by atoms with E-state index in [2.05, 4.69) is 30.3 Å². The van der Waals surface area contributed by atoms with Gasteiger partial charge in [0.1, 0.15) is 6.07 Å². The number of benzene rings is 1. The van der Waals surface area contributed by atoms with Gasteiger partial charge in [0.2, 0.25) is 0 Å². The molecule has 1 saturated carbocycles. The third-order valence-electron chi connectivity index (χ3n) is 3.57. The highest BCUT2D eigenvalue weighted by Gasteiger charge is 2.28. The Hall–Kier alpha value is -1.73. The minimum atomic E-state index is 0.460. The lowest BCUT2D eigenvalue weighted by Gasteiger charge is -2.25. The molecule has 0 aromatic heterocycles. The summed E-state index contributed by atoms with van der Waals surface area (Å²) in [6.45, 7) is 3.04. The molecule has 0 bridgehead atoms. The number of anilines is 2. The van der Waals surface area contributed by atoms with Crippen LogP contribution in [0.25, 0.3) is 0 Å². The number of nitrogens with two attached hydrogens (primary N) is 1. The second-order valence-corrected chi connectivity index (χ2v) is 5.04. The van der Waals surface area contributed by atoms with Crippen LogP contribution in [-0.4, -0.2) is 30.6 Å². The van der Waals surface area contributed by atoms with Gasteiger partial charge in [-0.05, 0) is 45.0 Å². The quantitative estimate of drug-likeness (QED) is 0.778. The van der Waals surface area contributed by atoms with Gasteiger partial charge in [0, 0.05) is 24.3 Å². The fourth-order valence-electron chi connectivity index (χ4n) is 2.05. The predicted octanol–water partition coefficient (Wildman–Crippen LogP) is 2.04. The Balaban J connectivity index is 1.95. The van der Waals surface area contributed by atoms with Gasteiger partial charge in [0.25, 0.3) is 0 Å². The van der Waals surface area contributed by atoms with E-state index in [1.54, 1.807) is 6.07 Å². The van der Waals surface area contributed by atoms with Gasteiger partial charge in [-0.1, -0.05) is 0 Å². The molecule has 0 radical (unpaired) electrons. The first-order chi connectivity index (χ1) is 8.61. The molecule has 4 nitrogen and oxygen atoms in total. The molecule has 1 aromatic rings. The molecule has 0 aliphatic heterocycles. The van der Waals surface area contributed by atoms with Gasteiger partial charge in [-0.2, -0.15) is 5.26 Å². The third-order valence-corrected chi connectivity index (χ3v) is 3.57. The smallest absolute Gasteiger partial charge is 0.101 e. The maximum absolute atomic E-state index is 9.06. The Bertz CT molecular complexity index is 459. The molecule has 1 aliphatic carbocycles. The average Bonchev–Trinajstić information content (AvgIpc) is 3.20. The summed E-state index contributed by atoms with van der Waals surface area (Å²) in [6, 6.07) is 8.78. The molecular weight excluding hydrogens is 224 g/mol. The Morgan fingerprint density at radius 3 is 2.89 bits per heavy atom. The lowest BCUT2D eigenvalue weighted by Crippen LogP contribution is -2.36. The highest BCUT2D eigenvalue weighted by molar-refractivity contribution is 5.62. The molecule has 0 spiro atoms. The molecule has 0 amide bonds. The van der Waals surface area contributed by atoms with Crippen LogP contribution in [-0.2, 0) is 0 Å². The van der Waals surface area contributed by atoms with Gasteiger partial charge in [0.05, 0.1) is 11.3 Å². The number of nitriles is 1. The fraction of sp³-hybridized carbons (Fsp3) is 0.500. The standard InChI is InChI=1S/C14H20N4/c1-10(18(2)13-4-5-13)9-17-14-6-3-12(16)7-11(14)8-15/h3,6-7,10,13,17H,4-5,9,16H2,1-2H3. The molecular formula is C14H20N4. The molecule has 18 heavy (non-hydrogen) atoms. The Labute approximate surface area is 108 Å². The van der Waals surface area contributed by atoms with Crippen molar-refractivity contribution in [2.45, 2.75) is 31.8 Å². The molecule has 2 rings (SSSR count). The van der Waals surface area contributed by atoms with Crippen LogP contribution in [0.1, 0.15) is 25.3 Å². The van der Waals surface area contributed by atoms with E-state index in [4.69, 9.17) is 11.0 Å².